The van der Waals surface area contributed by atoms with E-state index in [9.17, 15) is 4.79 Å². The fourth-order valence-electron chi connectivity index (χ4n) is 2.11. The van der Waals surface area contributed by atoms with Gasteiger partial charge in [-0.05, 0) is 17.5 Å². The molecule has 3 nitrogen and oxygen atoms in total. The first kappa shape index (κ1) is 10.9. The van der Waals surface area contributed by atoms with Crippen molar-refractivity contribution in [3.63, 3.8) is 0 Å². The second kappa shape index (κ2) is 3.74. The molecular weight excluding hydrogens is 202 g/mol. The average Bonchev–Trinajstić information content (AvgIpc) is 2.79. The number of hydrogen-bond donors (Lipinski definition) is 1. The van der Waals surface area contributed by atoms with Crippen LogP contribution in [0.25, 0.3) is 0 Å². The Morgan fingerprint density at radius 1 is 1.38 bits per heavy atom. The zero-order valence-corrected chi connectivity index (χ0v) is 9.42. The molecule has 0 aromatic heterocycles. The number of aliphatic carboxylic acids is 1. The number of carboxylic acid groups (broad SMARTS) is 1. The van der Waals surface area contributed by atoms with E-state index in [0.29, 0.717) is 0 Å². The minimum absolute atomic E-state index is 0.0465. The Kier molecular flexibility index (Phi) is 2.54. The summed E-state index contributed by atoms with van der Waals surface area (Å²) in [5.74, 6) is -0.973. The molecule has 1 fully saturated rings. The molecule has 0 bridgehead atoms. The van der Waals surface area contributed by atoms with Gasteiger partial charge < -0.3 is 5.11 Å². The first-order valence-electron chi connectivity index (χ1n) is 5.35. The van der Waals surface area contributed by atoms with Gasteiger partial charge in [0.2, 0.25) is 0 Å². The predicted octanol–water partition coefficient (Wildman–Crippen LogP) is 2.75. The lowest BCUT2D eigenvalue weighted by molar-refractivity contribution is -0.139. The highest BCUT2D eigenvalue weighted by molar-refractivity contribution is 5.85. The highest BCUT2D eigenvalue weighted by Crippen LogP contribution is 2.57. The molecule has 0 radical (unpaired) electrons. The first-order chi connectivity index (χ1) is 7.53. The van der Waals surface area contributed by atoms with E-state index in [2.05, 4.69) is 4.99 Å². The number of hydrogen-bond acceptors (Lipinski definition) is 2. The molecule has 1 aromatic rings. The van der Waals surface area contributed by atoms with Crippen LogP contribution in [0.5, 0.6) is 0 Å². The van der Waals surface area contributed by atoms with Crippen LogP contribution in [0.2, 0.25) is 0 Å². The Morgan fingerprint density at radius 3 is 2.50 bits per heavy atom. The van der Waals surface area contributed by atoms with E-state index in [-0.39, 0.29) is 17.3 Å². The molecule has 16 heavy (non-hydrogen) atoms. The van der Waals surface area contributed by atoms with E-state index in [1.54, 1.807) is 6.21 Å². The lowest BCUT2D eigenvalue weighted by Crippen LogP contribution is -2.03. The van der Waals surface area contributed by atoms with Crippen LogP contribution >= 0.6 is 0 Å². The maximum atomic E-state index is 10.9. The average molecular weight is 217 g/mol. The quantitative estimate of drug-likeness (QED) is 0.791. The lowest BCUT2D eigenvalue weighted by atomic mass is 10.1. The first-order valence-corrected chi connectivity index (χ1v) is 5.35. The summed E-state index contributed by atoms with van der Waals surface area (Å²) in [6, 6.07) is 9.57. The fourth-order valence-corrected chi connectivity index (χ4v) is 2.11. The van der Waals surface area contributed by atoms with Crippen molar-refractivity contribution in [3.8, 4) is 0 Å². The van der Waals surface area contributed by atoms with Crippen molar-refractivity contribution in [1.29, 1.82) is 0 Å². The largest absolute Gasteiger partial charge is 0.481 e. The Hall–Kier alpha value is -1.64. The van der Waals surface area contributed by atoms with Gasteiger partial charge in [0.05, 0.1) is 11.6 Å². The monoisotopic (exact) mass is 217 g/mol. The predicted molar refractivity (Wildman–Crippen MR) is 63.0 cm³/mol. The number of nitrogens with zero attached hydrogens (tertiary/aromatic N) is 1. The van der Waals surface area contributed by atoms with E-state index in [4.69, 9.17) is 5.11 Å². The summed E-state index contributed by atoms with van der Waals surface area (Å²) in [6.45, 7) is 3.93. The van der Waals surface area contributed by atoms with Crippen LogP contribution in [0.1, 0.15) is 13.8 Å². The molecule has 1 saturated carbocycles. The number of carbonyl (C=O) groups is 1. The maximum Gasteiger partial charge on any atom is 0.307 e. The Bertz CT molecular complexity index is 423. The van der Waals surface area contributed by atoms with Gasteiger partial charge in [-0.1, -0.05) is 32.0 Å². The number of benzene rings is 1. The van der Waals surface area contributed by atoms with Crippen molar-refractivity contribution in [2.45, 2.75) is 13.8 Å². The number of aliphatic imine (C=N–C) groups is 1. The van der Waals surface area contributed by atoms with Gasteiger partial charge in [0.25, 0.3) is 0 Å². The standard InChI is InChI=1S/C13H15NO2/c1-13(2)10(11(13)12(15)16)8-14-9-6-4-3-5-7-9/h3-8,10-11H,1-2H3,(H,15,16)/t10-,11-/m0/s1. The highest BCUT2D eigenvalue weighted by Gasteiger charge is 2.61. The third-order valence-corrected chi connectivity index (χ3v) is 3.32. The molecule has 0 aliphatic heterocycles. The third-order valence-electron chi connectivity index (χ3n) is 3.32. The minimum Gasteiger partial charge on any atom is -0.481 e. The van der Waals surface area contributed by atoms with Gasteiger partial charge in [-0.2, -0.15) is 0 Å². The molecule has 3 heteroatoms. The molecule has 2 rings (SSSR count). The fraction of sp³-hybridized carbons (Fsp3) is 0.385. The van der Waals surface area contributed by atoms with Gasteiger partial charge >= 0.3 is 5.97 Å². The number of carboxylic acids is 1. The van der Waals surface area contributed by atoms with E-state index in [1.807, 2.05) is 44.2 Å². The minimum atomic E-state index is -0.727. The van der Waals surface area contributed by atoms with Gasteiger partial charge in [0.15, 0.2) is 0 Å². The van der Waals surface area contributed by atoms with E-state index in [0.717, 1.165) is 5.69 Å². The van der Waals surface area contributed by atoms with Crippen LogP contribution in [-0.2, 0) is 4.79 Å². The molecule has 2 atom stereocenters. The number of para-hydroxylation sites is 1. The van der Waals surface area contributed by atoms with Gasteiger partial charge in [0, 0.05) is 12.1 Å². The smallest absolute Gasteiger partial charge is 0.307 e. The third kappa shape index (κ3) is 1.85. The molecule has 0 unspecified atom stereocenters. The van der Waals surface area contributed by atoms with Crippen molar-refractivity contribution < 1.29 is 9.90 Å². The summed E-state index contributed by atoms with van der Waals surface area (Å²) in [7, 11) is 0. The Morgan fingerprint density at radius 2 is 2.00 bits per heavy atom. The van der Waals surface area contributed by atoms with E-state index in [1.165, 1.54) is 0 Å². The summed E-state index contributed by atoms with van der Waals surface area (Å²) in [6.07, 6.45) is 1.77. The zero-order valence-electron chi connectivity index (χ0n) is 9.42. The van der Waals surface area contributed by atoms with Gasteiger partial charge in [-0.3, -0.25) is 9.79 Å². The summed E-state index contributed by atoms with van der Waals surface area (Å²) in [4.78, 5) is 15.2. The number of rotatable bonds is 3. The summed E-state index contributed by atoms with van der Waals surface area (Å²) < 4.78 is 0. The van der Waals surface area contributed by atoms with E-state index >= 15 is 0 Å². The van der Waals surface area contributed by atoms with Crippen LogP contribution < -0.4 is 0 Å². The van der Waals surface area contributed by atoms with Crippen LogP contribution in [0.15, 0.2) is 35.3 Å². The van der Waals surface area contributed by atoms with Crippen LogP contribution in [-0.4, -0.2) is 17.3 Å². The zero-order chi connectivity index (χ0) is 11.8. The topological polar surface area (TPSA) is 49.7 Å². The van der Waals surface area contributed by atoms with Gasteiger partial charge in [-0.25, -0.2) is 0 Å². The molecule has 1 N–H and O–H groups in total. The molecule has 84 valence electrons. The normalized spacial score (nSPS) is 26.9. The van der Waals surface area contributed by atoms with Crippen molar-refractivity contribution >= 4 is 17.9 Å². The molecule has 1 aliphatic carbocycles. The molecular formula is C13H15NO2. The highest BCUT2D eigenvalue weighted by atomic mass is 16.4. The summed E-state index contributed by atoms with van der Waals surface area (Å²) in [5, 5.41) is 8.99. The van der Waals surface area contributed by atoms with Crippen LogP contribution in [0.3, 0.4) is 0 Å². The van der Waals surface area contributed by atoms with Crippen molar-refractivity contribution in [2.24, 2.45) is 22.2 Å². The van der Waals surface area contributed by atoms with Crippen LogP contribution in [0, 0.1) is 17.3 Å². The second-order valence-electron chi connectivity index (χ2n) is 4.78. The molecule has 0 heterocycles. The van der Waals surface area contributed by atoms with Crippen molar-refractivity contribution in [1.82, 2.24) is 0 Å². The summed E-state index contributed by atoms with van der Waals surface area (Å²) >= 11 is 0. The Labute approximate surface area is 94.8 Å². The molecule has 1 aliphatic rings. The molecule has 1 aromatic carbocycles. The van der Waals surface area contributed by atoms with Gasteiger partial charge in [0.1, 0.15) is 0 Å². The maximum absolute atomic E-state index is 10.9. The SMILES string of the molecule is CC1(C)[C@H](C(=O)O)[C@@H]1C=Nc1ccccc1. The lowest BCUT2D eigenvalue weighted by Gasteiger charge is -1.96. The van der Waals surface area contributed by atoms with Crippen molar-refractivity contribution in [3.05, 3.63) is 30.3 Å². The molecule has 0 spiro atoms. The Balaban J connectivity index is 2.08. The summed E-state index contributed by atoms with van der Waals surface area (Å²) in [5.41, 5.74) is 0.707. The molecule has 0 saturated heterocycles. The van der Waals surface area contributed by atoms with Gasteiger partial charge in [-0.15, -0.1) is 0 Å². The second-order valence-corrected chi connectivity index (χ2v) is 4.78. The van der Waals surface area contributed by atoms with E-state index < -0.39 is 5.97 Å². The van der Waals surface area contributed by atoms with Crippen LogP contribution in [0.4, 0.5) is 5.69 Å². The van der Waals surface area contributed by atoms with Crippen molar-refractivity contribution in [2.75, 3.05) is 0 Å². The molecule has 0 amide bonds.